The average Bonchev–Trinajstić information content (AvgIpc) is 2.78. The van der Waals surface area contributed by atoms with Gasteiger partial charge < -0.3 is 15.0 Å². The van der Waals surface area contributed by atoms with Gasteiger partial charge in [-0.05, 0) is 54.8 Å². The van der Waals surface area contributed by atoms with Crippen LogP contribution in [0.4, 0.5) is 5.69 Å². The van der Waals surface area contributed by atoms with Crippen molar-refractivity contribution in [2.45, 2.75) is 33.4 Å². The summed E-state index contributed by atoms with van der Waals surface area (Å²) in [6.07, 6.45) is 1.05. The van der Waals surface area contributed by atoms with E-state index in [9.17, 15) is 18.0 Å². The molecular formula is C24H32BrN3O5S. The van der Waals surface area contributed by atoms with Gasteiger partial charge in [-0.2, -0.15) is 0 Å². The van der Waals surface area contributed by atoms with Crippen LogP contribution in [0.3, 0.4) is 0 Å². The second-order valence-corrected chi connectivity index (χ2v) is 11.3. The molecule has 0 fully saturated rings. The minimum absolute atomic E-state index is 0.115. The largest absolute Gasteiger partial charge is 0.497 e. The summed E-state index contributed by atoms with van der Waals surface area (Å²) in [4.78, 5) is 27.7. The van der Waals surface area contributed by atoms with E-state index in [1.807, 2.05) is 19.9 Å². The van der Waals surface area contributed by atoms with Crippen LogP contribution in [-0.2, 0) is 26.2 Å². The summed E-state index contributed by atoms with van der Waals surface area (Å²) in [6.45, 7) is 5.74. The van der Waals surface area contributed by atoms with Gasteiger partial charge in [-0.1, -0.05) is 41.9 Å². The van der Waals surface area contributed by atoms with Gasteiger partial charge in [0.25, 0.3) is 0 Å². The van der Waals surface area contributed by atoms with Crippen molar-refractivity contribution in [1.82, 2.24) is 10.2 Å². The fourth-order valence-electron chi connectivity index (χ4n) is 3.22. The molecule has 0 aliphatic rings. The van der Waals surface area contributed by atoms with Crippen molar-refractivity contribution in [2.24, 2.45) is 5.92 Å². The highest BCUT2D eigenvalue weighted by Crippen LogP contribution is 2.22. The van der Waals surface area contributed by atoms with Crippen LogP contribution in [0.25, 0.3) is 0 Å². The molecule has 0 bridgehead atoms. The third-order valence-electron chi connectivity index (χ3n) is 5.13. The minimum atomic E-state index is -3.76. The maximum Gasteiger partial charge on any atom is 0.244 e. The predicted octanol–water partition coefficient (Wildman–Crippen LogP) is 3.41. The molecule has 186 valence electrons. The zero-order valence-electron chi connectivity index (χ0n) is 20.1. The Hall–Kier alpha value is -2.59. The molecule has 0 aromatic heterocycles. The van der Waals surface area contributed by atoms with Crippen molar-refractivity contribution in [3.8, 4) is 5.75 Å². The number of sulfonamides is 1. The molecule has 0 heterocycles. The van der Waals surface area contributed by atoms with Gasteiger partial charge in [0.05, 0.1) is 19.1 Å². The van der Waals surface area contributed by atoms with Crippen LogP contribution in [-0.4, -0.2) is 57.6 Å². The number of rotatable bonds is 11. The fraction of sp³-hybridized carbons (Fsp3) is 0.417. The first-order valence-electron chi connectivity index (χ1n) is 10.9. The highest BCUT2D eigenvalue weighted by molar-refractivity contribution is 9.10. The zero-order valence-corrected chi connectivity index (χ0v) is 22.5. The molecule has 2 amide bonds. The molecule has 1 N–H and O–H groups in total. The van der Waals surface area contributed by atoms with Crippen LogP contribution in [0.15, 0.2) is 53.0 Å². The third kappa shape index (κ3) is 8.02. The zero-order chi connectivity index (χ0) is 25.5. The number of nitrogens with one attached hydrogen (secondary N) is 1. The lowest BCUT2D eigenvalue weighted by Gasteiger charge is -2.31. The molecule has 8 nitrogen and oxygen atoms in total. The monoisotopic (exact) mass is 553 g/mol. The van der Waals surface area contributed by atoms with Crippen LogP contribution in [0.1, 0.15) is 26.3 Å². The molecule has 0 radical (unpaired) electrons. The predicted molar refractivity (Wildman–Crippen MR) is 137 cm³/mol. The van der Waals surface area contributed by atoms with Crippen molar-refractivity contribution < 1.29 is 22.7 Å². The standard InChI is InChI=1S/C24H32BrN3O5S/c1-17(2)14-26-24(30)18(3)27(15-19-7-6-8-22(13-19)33-4)23(29)16-28(34(5,31)32)21-11-9-20(25)10-12-21/h6-13,17-18H,14-16H2,1-5H3,(H,26,30)/t18-/m1/s1. The number of carbonyl (C=O) groups is 2. The third-order valence-corrected chi connectivity index (χ3v) is 6.80. The Morgan fingerprint density at radius 2 is 1.74 bits per heavy atom. The van der Waals surface area contributed by atoms with Crippen LogP contribution in [0.5, 0.6) is 5.75 Å². The normalized spacial score (nSPS) is 12.2. The van der Waals surface area contributed by atoms with E-state index in [0.717, 1.165) is 20.6 Å². The van der Waals surface area contributed by atoms with Gasteiger partial charge in [0.15, 0.2) is 0 Å². The van der Waals surface area contributed by atoms with Gasteiger partial charge in [0, 0.05) is 17.6 Å². The summed E-state index contributed by atoms with van der Waals surface area (Å²) in [5, 5.41) is 2.85. The van der Waals surface area contributed by atoms with Crippen molar-refractivity contribution in [3.05, 3.63) is 58.6 Å². The SMILES string of the molecule is COc1cccc(CN(C(=O)CN(c2ccc(Br)cc2)S(C)(=O)=O)[C@H](C)C(=O)NCC(C)C)c1. The van der Waals surface area contributed by atoms with Crippen molar-refractivity contribution in [1.29, 1.82) is 0 Å². The topological polar surface area (TPSA) is 96.0 Å². The second-order valence-electron chi connectivity index (χ2n) is 8.43. The Morgan fingerprint density at radius 1 is 1.09 bits per heavy atom. The molecule has 10 heteroatoms. The number of benzene rings is 2. The van der Waals surface area contributed by atoms with Gasteiger partial charge in [-0.3, -0.25) is 13.9 Å². The molecule has 34 heavy (non-hydrogen) atoms. The number of hydrogen-bond acceptors (Lipinski definition) is 5. The highest BCUT2D eigenvalue weighted by atomic mass is 79.9. The van der Waals surface area contributed by atoms with E-state index in [0.29, 0.717) is 18.0 Å². The van der Waals surface area contributed by atoms with Crippen LogP contribution >= 0.6 is 15.9 Å². The molecule has 0 aliphatic carbocycles. The molecule has 0 saturated carbocycles. The van der Waals surface area contributed by atoms with Crippen LogP contribution in [0, 0.1) is 5.92 Å². The van der Waals surface area contributed by atoms with Gasteiger partial charge in [0.1, 0.15) is 18.3 Å². The molecule has 0 unspecified atom stereocenters. The van der Waals surface area contributed by atoms with Gasteiger partial charge in [-0.15, -0.1) is 0 Å². The van der Waals surface area contributed by atoms with E-state index in [1.165, 1.54) is 4.90 Å². The van der Waals surface area contributed by atoms with Crippen molar-refractivity contribution in [2.75, 3.05) is 30.8 Å². The first-order chi connectivity index (χ1) is 15.9. The van der Waals surface area contributed by atoms with Crippen molar-refractivity contribution in [3.63, 3.8) is 0 Å². The number of carbonyl (C=O) groups excluding carboxylic acids is 2. The number of nitrogens with zero attached hydrogens (tertiary/aromatic N) is 2. The Balaban J connectivity index is 2.37. The summed E-state index contributed by atoms with van der Waals surface area (Å²) in [5.74, 6) is 0.0640. The number of methoxy groups -OCH3 is 1. The van der Waals surface area contributed by atoms with Crippen LogP contribution < -0.4 is 14.4 Å². The molecular weight excluding hydrogens is 522 g/mol. The highest BCUT2D eigenvalue weighted by Gasteiger charge is 2.30. The minimum Gasteiger partial charge on any atom is -0.497 e. The van der Waals surface area contributed by atoms with E-state index in [1.54, 1.807) is 56.5 Å². The maximum atomic E-state index is 13.5. The Labute approximate surface area is 210 Å². The molecule has 0 saturated heterocycles. The summed E-state index contributed by atoms with van der Waals surface area (Å²) >= 11 is 3.33. The summed E-state index contributed by atoms with van der Waals surface area (Å²) in [7, 11) is -2.21. The van der Waals surface area contributed by atoms with Gasteiger partial charge in [0.2, 0.25) is 21.8 Å². The summed E-state index contributed by atoms with van der Waals surface area (Å²) in [5.41, 5.74) is 1.11. The Kier molecular flexibility index (Phi) is 9.93. The number of halogens is 1. The van der Waals surface area contributed by atoms with E-state index in [4.69, 9.17) is 4.74 Å². The first-order valence-corrected chi connectivity index (χ1v) is 13.5. The van der Waals surface area contributed by atoms with Gasteiger partial charge >= 0.3 is 0 Å². The van der Waals surface area contributed by atoms with Crippen molar-refractivity contribution >= 4 is 43.5 Å². The Bertz CT molecular complexity index is 1090. The lowest BCUT2D eigenvalue weighted by molar-refractivity contribution is -0.139. The molecule has 0 aliphatic heterocycles. The number of anilines is 1. The summed E-state index contributed by atoms with van der Waals surface area (Å²) in [6, 6.07) is 13.0. The smallest absolute Gasteiger partial charge is 0.244 e. The first kappa shape index (κ1) is 27.7. The fourth-order valence-corrected chi connectivity index (χ4v) is 4.34. The molecule has 2 rings (SSSR count). The number of ether oxygens (including phenoxy) is 1. The Morgan fingerprint density at radius 3 is 2.29 bits per heavy atom. The molecule has 2 aromatic carbocycles. The van der Waals surface area contributed by atoms with Crippen LogP contribution in [0.2, 0.25) is 0 Å². The molecule has 1 atom stereocenters. The number of amides is 2. The van der Waals surface area contributed by atoms with E-state index >= 15 is 0 Å². The van der Waals surface area contributed by atoms with E-state index in [-0.39, 0.29) is 18.4 Å². The average molecular weight is 555 g/mol. The van der Waals surface area contributed by atoms with E-state index in [2.05, 4.69) is 21.2 Å². The number of hydrogen-bond donors (Lipinski definition) is 1. The quantitative estimate of drug-likeness (QED) is 0.460. The lowest BCUT2D eigenvalue weighted by atomic mass is 10.1. The second kappa shape index (κ2) is 12.2. The molecule has 2 aromatic rings. The van der Waals surface area contributed by atoms with Gasteiger partial charge in [-0.25, -0.2) is 8.42 Å². The lowest BCUT2D eigenvalue weighted by Crippen LogP contribution is -2.51. The van der Waals surface area contributed by atoms with E-state index < -0.39 is 28.5 Å². The molecule has 0 spiro atoms. The summed E-state index contributed by atoms with van der Waals surface area (Å²) < 4.78 is 32.2. The maximum absolute atomic E-state index is 13.5.